The van der Waals surface area contributed by atoms with Crippen molar-refractivity contribution in [3.05, 3.63) is 0 Å². The maximum absolute atomic E-state index is 5.98. The molecule has 3 heteroatoms. The highest BCUT2D eigenvalue weighted by molar-refractivity contribution is 4.85. The van der Waals surface area contributed by atoms with Crippen LogP contribution in [0.25, 0.3) is 0 Å². The van der Waals surface area contributed by atoms with Crippen LogP contribution in [0.3, 0.4) is 0 Å². The average molecular weight is 171 g/mol. The molecule has 0 aliphatic carbocycles. The Bertz CT molecular complexity index is 145. The van der Waals surface area contributed by atoms with Crippen molar-refractivity contribution in [1.82, 2.24) is 0 Å². The SMILES string of the molecule is NC1CCCOC1C1CCOC1. The van der Waals surface area contributed by atoms with Gasteiger partial charge < -0.3 is 15.2 Å². The van der Waals surface area contributed by atoms with Crippen molar-refractivity contribution < 1.29 is 9.47 Å². The first kappa shape index (κ1) is 8.48. The van der Waals surface area contributed by atoms with Crippen LogP contribution in [0.15, 0.2) is 0 Å². The highest BCUT2D eigenvalue weighted by Gasteiger charge is 2.32. The molecule has 70 valence electrons. The lowest BCUT2D eigenvalue weighted by atomic mass is 9.91. The minimum atomic E-state index is 0.241. The fourth-order valence-corrected chi connectivity index (χ4v) is 2.12. The van der Waals surface area contributed by atoms with Crippen molar-refractivity contribution in [3.63, 3.8) is 0 Å². The van der Waals surface area contributed by atoms with E-state index in [4.69, 9.17) is 15.2 Å². The lowest BCUT2D eigenvalue weighted by Gasteiger charge is -2.32. The number of hydrogen-bond donors (Lipinski definition) is 1. The van der Waals surface area contributed by atoms with Gasteiger partial charge >= 0.3 is 0 Å². The largest absolute Gasteiger partial charge is 0.381 e. The number of nitrogens with two attached hydrogens (primary N) is 1. The molecule has 2 saturated heterocycles. The molecule has 0 radical (unpaired) electrons. The molecule has 0 aromatic carbocycles. The molecule has 2 aliphatic rings. The van der Waals surface area contributed by atoms with E-state index in [1.807, 2.05) is 0 Å². The molecule has 3 atom stereocenters. The monoisotopic (exact) mass is 171 g/mol. The standard InChI is InChI=1S/C9H17NO2/c10-8-2-1-4-12-9(8)7-3-5-11-6-7/h7-9H,1-6,10H2. The Morgan fingerprint density at radius 2 is 2.08 bits per heavy atom. The fourth-order valence-electron chi connectivity index (χ4n) is 2.12. The molecule has 3 nitrogen and oxygen atoms in total. The van der Waals surface area contributed by atoms with Crippen LogP contribution in [-0.2, 0) is 9.47 Å². The van der Waals surface area contributed by atoms with Gasteiger partial charge in [0.15, 0.2) is 0 Å². The summed E-state index contributed by atoms with van der Waals surface area (Å²) in [5.41, 5.74) is 5.98. The first-order chi connectivity index (χ1) is 5.88. The Kier molecular flexibility index (Phi) is 2.63. The predicted molar refractivity (Wildman–Crippen MR) is 45.9 cm³/mol. The third kappa shape index (κ3) is 1.63. The Balaban J connectivity index is 1.91. The lowest BCUT2D eigenvalue weighted by Crippen LogP contribution is -2.45. The average Bonchev–Trinajstić information content (AvgIpc) is 2.57. The predicted octanol–water partition coefficient (Wildman–Crippen LogP) is 0.529. The summed E-state index contributed by atoms with van der Waals surface area (Å²) in [6, 6.07) is 0.241. The molecule has 0 amide bonds. The van der Waals surface area contributed by atoms with Gasteiger partial charge in [0, 0.05) is 25.2 Å². The Morgan fingerprint density at radius 1 is 1.17 bits per heavy atom. The summed E-state index contributed by atoms with van der Waals surface area (Å²) in [5.74, 6) is 0.556. The summed E-state index contributed by atoms with van der Waals surface area (Å²) in [7, 11) is 0. The van der Waals surface area contributed by atoms with Crippen molar-refractivity contribution >= 4 is 0 Å². The molecule has 0 bridgehead atoms. The van der Waals surface area contributed by atoms with Crippen LogP contribution in [0.4, 0.5) is 0 Å². The number of ether oxygens (including phenoxy) is 2. The van der Waals surface area contributed by atoms with Gasteiger partial charge in [-0.25, -0.2) is 0 Å². The fraction of sp³-hybridized carbons (Fsp3) is 1.00. The van der Waals surface area contributed by atoms with Crippen LogP contribution in [0.5, 0.6) is 0 Å². The van der Waals surface area contributed by atoms with E-state index in [0.717, 1.165) is 39.1 Å². The third-order valence-corrected chi connectivity index (χ3v) is 2.84. The summed E-state index contributed by atoms with van der Waals surface area (Å²) in [6.45, 7) is 2.62. The summed E-state index contributed by atoms with van der Waals surface area (Å²) in [4.78, 5) is 0. The highest BCUT2D eigenvalue weighted by atomic mass is 16.5. The summed E-state index contributed by atoms with van der Waals surface area (Å²) in [6.07, 6.45) is 3.62. The summed E-state index contributed by atoms with van der Waals surface area (Å²) in [5, 5.41) is 0. The van der Waals surface area contributed by atoms with Crippen LogP contribution in [0.2, 0.25) is 0 Å². The van der Waals surface area contributed by atoms with Gasteiger partial charge in [-0.05, 0) is 19.3 Å². The summed E-state index contributed by atoms with van der Waals surface area (Å²) >= 11 is 0. The van der Waals surface area contributed by atoms with Crippen molar-refractivity contribution in [3.8, 4) is 0 Å². The second kappa shape index (κ2) is 3.73. The normalized spacial score (nSPS) is 43.2. The van der Waals surface area contributed by atoms with Gasteiger partial charge in [-0.1, -0.05) is 0 Å². The van der Waals surface area contributed by atoms with Crippen LogP contribution >= 0.6 is 0 Å². The van der Waals surface area contributed by atoms with Crippen LogP contribution in [0, 0.1) is 5.92 Å². The van der Waals surface area contributed by atoms with E-state index in [9.17, 15) is 0 Å². The van der Waals surface area contributed by atoms with Crippen LogP contribution < -0.4 is 5.73 Å². The van der Waals surface area contributed by atoms with E-state index in [1.54, 1.807) is 0 Å². The zero-order chi connectivity index (χ0) is 8.39. The van der Waals surface area contributed by atoms with Gasteiger partial charge in [0.2, 0.25) is 0 Å². The number of hydrogen-bond acceptors (Lipinski definition) is 3. The Hall–Kier alpha value is -0.120. The molecule has 2 rings (SSSR count). The van der Waals surface area contributed by atoms with E-state index in [2.05, 4.69) is 0 Å². The zero-order valence-corrected chi connectivity index (χ0v) is 7.37. The number of rotatable bonds is 1. The second-order valence-electron chi connectivity index (χ2n) is 3.77. The minimum Gasteiger partial charge on any atom is -0.381 e. The van der Waals surface area contributed by atoms with E-state index >= 15 is 0 Å². The molecular weight excluding hydrogens is 154 g/mol. The Morgan fingerprint density at radius 3 is 2.75 bits per heavy atom. The molecule has 0 aromatic rings. The molecule has 0 aromatic heterocycles. The van der Waals surface area contributed by atoms with Crippen LogP contribution in [-0.4, -0.2) is 32.0 Å². The smallest absolute Gasteiger partial charge is 0.0776 e. The van der Waals surface area contributed by atoms with E-state index < -0.39 is 0 Å². The van der Waals surface area contributed by atoms with Crippen LogP contribution in [0.1, 0.15) is 19.3 Å². The van der Waals surface area contributed by atoms with E-state index in [1.165, 1.54) is 0 Å². The third-order valence-electron chi connectivity index (χ3n) is 2.84. The molecule has 2 fully saturated rings. The second-order valence-corrected chi connectivity index (χ2v) is 3.77. The first-order valence-corrected chi connectivity index (χ1v) is 4.83. The van der Waals surface area contributed by atoms with Crippen molar-refractivity contribution in [2.45, 2.75) is 31.4 Å². The quantitative estimate of drug-likeness (QED) is 0.626. The molecule has 2 aliphatic heterocycles. The van der Waals surface area contributed by atoms with Crippen molar-refractivity contribution in [1.29, 1.82) is 0 Å². The Labute approximate surface area is 73.2 Å². The van der Waals surface area contributed by atoms with Gasteiger partial charge in [-0.3, -0.25) is 0 Å². The van der Waals surface area contributed by atoms with E-state index in [0.29, 0.717) is 5.92 Å². The van der Waals surface area contributed by atoms with Gasteiger partial charge in [-0.2, -0.15) is 0 Å². The topological polar surface area (TPSA) is 44.5 Å². The van der Waals surface area contributed by atoms with Crippen molar-refractivity contribution in [2.24, 2.45) is 11.7 Å². The summed E-state index contributed by atoms with van der Waals surface area (Å²) < 4.78 is 11.0. The van der Waals surface area contributed by atoms with Gasteiger partial charge in [-0.15, -0.1) is 0 Å². The highest BCUT2D eigenvalue weighted by Crippen LogP contribution is 2.25. The maximum Gasteiger partial charge on any atom is 0.0776 e. The minimum absolute atomic E-state index is 0.241. The first-order valence-electron chi connectivity index (χ1n) is 4.83. The molecule has 2 N–H and O–H groups in total. The van der Waals surface area contributed by atoms with Gasteiger partial charge in [0.25, 0.3) is 0 Å². The molecule has 2 heterocycles. The lowest BCUT2D eigenvalue weighted by molar-refractivity contribution is -0.0357. The zero-order valence-electron chi connectivity index (χ0n) is 7.37. The molecule has 3 unspecified atom stereocenters. The van der Waals surface area contributed by atoms with Gasteiger partial charge in [0.05, 0.1) is 12.7 Å². The molecular formula is C9H17NO2. The van der Waals surface area contributed by atoms with E-state index in [-0.39, 0.29) is 12.1 Å². The molecule has 0 spiro atoms. The molecule has 0 saturated carbocycles. The maximum atomic E-state index is 5.98. The van der Waals surface area contributed by atoms with Gasteiger partial charge in [0.1, 0.15) is 0 Å². The molecule has 12 heavy (non-hydrogen) atoms. The van der Waals surface area contributed by atoms with Crippen molar-refractivity contribution in [2.75, 3.05) is 19.8 Å².